The summed E-state index contributed by atoms with van der Waals surface area (Å²) < 4.78 is 8.62. The van der Waals surface area contributed by atoms with Crippen molar-refractivity contribution in [3.8, 4) is 11.3 Å². The Morgan fingerprint density at radius 3 is 2.52 bits per heavy atom. The van der Waals surface area contributed by atoms with Gasteiger partial charge in [0.2, 0.25) is 0 Å². The summed E-state index contributed by atoms with van der Waals surface area (Å²) in [6, 6.07) is 17.1. The van der Waals surface area contributed by atoms with Gasteiger partial charge in [0.15, 0.2) is 5.69 Å². The van der Waals surface area contributed by atoms with Crippen molar-refractivity contribution in [3.05, 3.63) is 71.7 Å². The number of benzene rings is 3. The first-order valence-corrected chi connectivity index (χ1v) is 9.21. The minimum Gasteiger partial charge on any atom is -0.455 e. The monoisotopic (exact) mass is 353 g/mol. The Bertz CT molecular complexity index is 1360. The van der Waals surface area contributed by atoms with Crippen LogP contribution in [0.15, 0.2) is 59.3 Å². The van der Waals surface area contributed by atoms with Gasteiger partial charge in [-0.05, 0) is 42.5 Å². The Hall–Kier alpha value is -3.20. The molecule has 0 aliphatic carbocycles. The lowest BCUT2D eigenvalue weighted by molar-refractivity contribution is -0.663. The fourth-order valence-electron chi connectivity index (χ4n) is 4.00. The summed E-state index contributed by atoms with van der Waals surface area (Å²) in [7, 11) is 2.04. The van der Waals surface area contributed by atoms with E-state index < -0.39 is 0 Å². The van der Waals surface area contributed by atoms with Crippen molar-refractivity contribution < 1.29 is 8.98 Å². The summed E-state index contributed by atoms with van der Waals surface area (Å²) in [4.78, 5) is 4.41. The number of nitrogens with zero attached hydrogens (tertiary/aromatic N) is 2. The van der Waals surface area contributed by atoms with Crippen LogP contribution in [0.1, 0.15) is 16.8 Å². The number of furan rings is 1. The number of hydrogen-bond donors (Lipinski definition) is 0. The van der Waals surface area contributed by atoms with Gasteiger partial charge in [-0.25, -0.2) is 4.57 Å². The van der Waals surface area contributed by atoms with Crippen LogP contribution in [-0.4, -0.2) is 4.98 Å². The zero-order valence-corrected chi connectivity index (χ0v) is 16.0. The Kier molecular flexibility index (Phi) is 3.35. The van der Waals surface area contributed by atoms with Crippen molar-refractivity contribution in [2.75, 3.05) is 0 Å². The molecule has 0 saturated carbocycles. The first-order chi connectivity index (χ1) is 13.0. The zero-order valence-electron chi connectivity index (χ0n) is 16.0. The van der Waals surface area contributed by atoms with E-state index in [1.165, 1.54) is 27.3 Å². The molecule has 0 bridgehead atoms. The van der Waals surface area contributed by atoms with Crippen LogP contribution in [0.25, 0.3) is 44.0 Å². The van der Waals surface area contributed by atoms with Crippen LogP contribution in [0.5, 0.6) is 0 Å². The molecule has 3 nitrogen and oxygen atoms in total. The van der Waals surface area contributed by atoms with Crippen LogP contribution in [0.4, 0.5) is 0 Å². The molecule has 0 fully saturated rings. The highest BCUT2D eigenvalue weighted by molar-refractivity contribution is 6.17. The molecular formula is C24H21N2O+. The summed E-state index contributed by atoms with van der Waals surface area (Å²) in [5, 5.41) is 4.69. The number of hydrogen-bond acceptors (Lipinski definition) is 2. The van der Waals surface area contributed by atoms with E-state index >= 15 is 0 Å². The largest absolute Gasteiger partial charge is 0.455 e. The van der Waals surface area contributed by atoms with Crippen LogP contribution >= 0.6 is 0 Å². The van der Waals surface area contributed by atoms with Gasteiger partial charge in [0.25, 0.3) is 6.33 Å². The third-order valence-electron chi connectivity index (χ3n) is 5.59. The van der Waals surface area contributed by atoms with E-state index in [0.29, 0.717) is 0 Å². The van der Waals surface area contributed by atoms with Gasteiger partial charge in [0.05, 0.1) is 12.6 Å². The molecule has 3 heteroatoms. The number of rotatable bonds is 1. The molecule has 0 N–H and O–H groups in total. The summed E-state index contributed by atoms with van der Waals surface area (Å²) in [5.41, 5.74) is 7.69. The Labute approximate surface area is 157 Å². The highest BCUT2D eigenvalue weighted by Crippen LogP contribution is 2.40. The molecule has 2 aromatic heterocycles. The molecule has 3 aromatic carbocycles. The summed E-state index contributed by atoms with van der Waals surface area (Å²) in [6.07, 6.45) is 1.87. The van der Waals surface area contributed by atoms with E-state index in [2.05, 4.69) is 71.9 Å². The second kappa shape index (κ2) is 5.65. The van der Waals surface area contributed by atoms with Gasteiger partial charge in [0, 0.05) is 29.1 Å². The van der Waals surface area contributed by atoms with Gasteiger partial charge in [-0.3, -0.25) is 0 Å². The van der Waals surface area contributed by atoms with E-state index in [-0.39, 0.29) is 0 Å². The maximum absolute atomic E-state index is 6.55. The second-order valence-electron chi connectivity index (χ2n) is 7.36. The van der Waals surface area contributed by atoms with Crippen LogP contribution < -0.4 is 4.57 Å². The second-order valence-corrected chi connectivity index (χ2v) is 7.36. The lowest BCUT2D eigenvalue weighted by Gasteiger charge is -2.10. The maximum atomic E-state index is 6.55. The first-order valence-electron chi connectivity index (χ1n) is 9.21. The topological polar surface area (TPSA) is 29.9 Å². The van der Waals surface area contributed by atoms with Gasteiger partial charge in [-0.1, -0.05) is 35.3 Å². The van der Waals surface area contributed by atoms with Crippen LogP contribution in [-0.2, 0) is 7.05 Å². The Balaban J connectivity index is 2.00. The molecule has 5 rings (SSSR count). The molecule has 0 aliphatic heterocycles. The van der Waals surface area contributed by atoms with Crippen LogP contribution in [0, 0.1) is 20.8 Å². The average molecular weight is 353 g/mol. The van der Waals surface area contributed by atoms with Gasteiger partial charge < -0.3 is 4.42 Å². The minimum absolute atomic E-state index is 0.950. The van der Waals surface area contributed by atoms with Gasteiger partial charge in [0.1, 0.15) is 16.9 Å². The van der Waals surface area contributed by atoms with Crippen molar-refractivity contribution in [2.45, 2.75) is 20.8 Å². The number of fused-ring (bicyclic) bond motifs is 5. The van der Waals surface area contributed by atoms with Crippen LogP contribution in [0.3, 0.4) is 0 Å². The molecule has 0 atom stereocenters. The fraction of sp³-hybridized carbons (Fsp3) is 0.167. The quantitative estimate of drug-likeness (QED) is 0.370. The minimum atomic E-state index is 0.950. The van der Waals surface area contributed by atoms with Crippen molar-refractivity contribution in [3.63, 3.8) is 0 Å². The molecule has 0 radical (unpaired) electrons. The van der Waals surface area contributed by atoms with Gasteiger partial charge in [-0.2, -0.15) is 0 Å². The predicted molar refractivity (Wildman–Crippen MR) is 110 cm³/mol. The summed E-state index contributed by atoms with van der Waals surface area (Å²) >= 11 is 0. The molecule has 0 unspecified atom stereocenters. The van der Waals surface area contributed by atoms with Crippen molar-refractivity contribution in [1.29, 1.82) is 0 Å². The molecular weight excluding hydrogens is 332 g/mol. The molecule has 5 aromatic rings. The summed E-state index contributed by atoms with van der Waals surface area (Å²) in [5.74, 6) is 0. The average Bonchev–Trinajstić information content (AvgIpc) is 3.03. The molecule has 132 valence electrons. The molecule has 27 heavy (non-hydrogen) atoms. The Morgan fingerprint density at radius 1 is 0.852 bits per heavy atom. The standard InChI is InChI=1S/C24H21N2O/c1-14-11-20-19-10-9-17-7-5-6-8-18(17)23(19)27-24(20)22(16(14)3)21-12-15(2)25-13-26(21)4/h5-13H,1-4H3/q+1. The zero-order chi connectivity index (χ0) is 18.7. The third kappa shape index (κ3) is 2.28. The fourth-order valence-corrected chi connectivity index (χ4v) is 4.00. The lowest BCUT2D eigenvalue weighted by atomic mass is 9.96. The SMILES string of the molecule is Cc1cc(-c2c(C)c(C)cc3c2oc2c4ccccc4ccc32)[n+](C)cn1. The molecule has 2 heterocycles. The number of aryl methyl sites for hydroxylation is 3. The van der Waals surface area contributed by atoms with Crippen molar-refractivity contribution in [1.82, 2.24) is 4.98 Å². The van der Waals surface area contributed by atoms with Gasteiger partial charge in [-0.15, -0.1) is 0 Å². The predicted octanol–water partition coefficient (Wildman–Crippen LogP) is 5.55. The molecule has 0 aliphatic rings. The van der Waals surface area contributed by atoms with E-state index in [1.54, 1.807) is 0 Å². The molecule has 0 spiro atoms. The molecule has 0 saturated heterocycles. The smallest absolute Gasteiger partial charge is 0.286 e. The molecule has 0 amide bonds. The van der Waals surface area contributed by atoms with E-state index in [1.807, 2.05) is 20.3 Å². The normalized spacial score (nSPS) is 11.7. The van der Waals surface area contributed by atoms with Crippen molar-refractivity contribution in [2.24, 2.45) is 7.05 Å². The lowest BCUT2D eigenvalue weighted by Crippen LogP contribution is -2.31. The van der Waals surface area contributed by atoms with E-state index in [4.69, 9.17) is 4.42 Å². The Morgan fingerprint density at radius 2 is 1.67 bits per heavy atom. The van der Waals surface area contributed by atoms with E-state index in [0.717, 1.165) is 33.5 Å². The maximum Gasteiger partial charge on any atom is 0.286 e. The summed E-state index contributed by atoms with van der Waals surface area (Å²) in [6.45, 7) is 6.37. The van der Waals surface area contributed by atoms with Gasteiger partial charge >= 0.3 is 0 Å². The first kappa shape index (κ1) is 16.0. The number of aromatic nitrogens is 2. The van der Waals surface area contributed by atoms with E-state index in [9.17, 15) is 0 Å². The third-order valence-corrected chi connectivity index (χ3v) is 5.59. The van der Waals surface area contributed by atoms with Crippen LogP contribution in [0.2, 0.25) is 0 Å². The highest BCUT2D eigenvalue weighted by Gasteiger charge is 2.21. The van der Waals surface area contributed by atoms with Crippen molar-refractivity contribution >= 4 is 32.7 Å². The highest BCUT2D eigenvalue weighted by atomic mass is 16.3.